The summed E-state index contributed by atoms with van der Waals surface area (Å²) in [6.07, 6.45) is 6.72. The molecule has 0 spiro atoms. The van der Waals surface area contributed by atoms with E-state index in [4.69, 9.17) is 0 Å². The number of allylic oxidation sites excluding steroid dienone is 2. The molecule has 0 unspecified atom stereocenters. The molecule has 0 saturated heterocycles. The van der Waals surface area contributed by atoms with Gasteiger partial charge in [0.05, 0.1) is 5.70 Å². The number of hydrogen-bond donors (Lipinski definition) is 1. The molecule has 0 bridgehead atoms. The summed E-state index contributed by atoms with van der Waals surface area (Å²) in [6.45, 7) is 3.75. The second-order valence-corrected chi connectivity index (χ2v) is 2.80. The van der Waals surface area contributed by atoms with Crippen molar-refractivity contribution in [2.45, 2.75) is 6.42 Å². The maximum absolute atomic E-state index is 4.25. The van der Waals surface area contributed by atoms with Crippen molar-refractivity contribution in [1.29, 1.82) is 0 Å². The number of rotatable bonds is 2. The molecule has 0 radical (unpaired) electrons. The largest absolute Gasteiger partial charge is 0.365 e. The highest BCUT2D eigenvalue weighted by molar-refractivity contribution is 5.99. The van der Waals surface area contributed by atoms with Crippen molar-refractivity contribution in [1.82, 2.24) is 4.98 Å². The minimum Gasteiger partial charge on any atom is -0.365 e. The van der Waals surface area contributed by atoms with Gasteiger partial charge in [0.2, 0.25) is 0 Å². The Kier molecular flexibility index (Phi) is 1.67. The minimum absolute atomic E-state index is 0.844. The van der Waals surface area contributed by atoms with Crippen LogP contribution in [0, 0.1) is 0 Å². The highest BCUT2D eigenvalue weighted by atomic mass is 14.8. The molecule has 0 aromatic carbocycles. The summed E-state index contributed by atoms with van der Waals surface area (Å²) >= 11 is 0. The molecule has 0 atom stereocenters. The van der Waals surface area contributed by atoms with Crippen LogP contribution in [0.2, 0.25) is 0 Å². The molecule has 0 aliphatic carbocycles. The van der Waals surface area contributed by atoms with E-state index in [2.05, 4.69) is 22.6 Å². The van der Waals surface area contributed by atoms with Crippen LogP contribution in [-0.2, 0) is 6.42 Å². The van der Waals surface area contributed by atoms with Crippen LogP contribution in [0.25, 0.3) is 0 Å². The molecule has 1 aliphatic heterocycles. The van der Waals surface area contributed by atoms with Crippen LogP contribution in [0.3, 0.4) is 0 Å². The number of aliphatic imine (C=N–C) groups is 1. The van der Waals surface area contributed by atoms with Gasteiger partial charge in [-0.1, -0.05) is 6.58 Å². The summed E-state index contributed by atoms with van der Waals surface area (Å²) in [4.78, 5) is 7.39. The third-order valence-corrected chi connectivity index (χ3v) is 1.79. The molecule has 2 rings (SSSR count). The van der Waals surface area contributed by atoms with E-state index in [1.807, 2.05) is 24.4 Å². The zero-order valence-electron chi connectivity index (χ0n) is 6.75. The highest BCUT2D eigenvalue weighted by Gasteiger charge is 2.03. The summed E-state index contributed by atoms with van der Waals surface area (Å²) in [5.41, 5.74) is 3.10. The molecule has 0 fully saturated rings. The first-order valence-electron chi connectivity index (χ1n) is 3.91. The molecule has 2 nitrogen and oxygen atoms in total. The predicted molar refractivity (Wildman–Crippen MR) is 50.2 cm³/mol. The monoisotopic (exact) mass is 158 g/mol. The fourth-order valence-corrected chi connectivity index (χ4v) is 1.22. The average Bonchev–Trinajstić information content (AvgIpc) is 2.63. The maximum atomic E-state index is 4.25. The Balaban J connectivity index is 2.11. The summed E-state index contributed by atoms with van der Waals surface area (Å²) in [7, 11) is 0. The van der Waals surface area contributed by atoms with E-state index >= 15 is 0 Å². The molecular weight excluding hydrogens is 148 g/mol. The molecule has 0 saturated carbocycles. The lowest BCUT2D eigenvalue weighted by atomic mass is 10.2. The Morgan fingerprint density at radius 3 is 2.92 bits per heavy atom. The van der Waals surface area contributed by atoms with Crippen LogP contribution >= 0.6 is 0 Å². The van der Waals surface area contributed by atoms with Crippen LogP contribution in [-0.4, -0.2) is 10.7 Å². The Bertz CT molecular complexity index is 342. The SMILES string of the molecule is C=C1C=CC(Cc2ccc[nH]2)=N1. The van der Waals surface area contributed by atoms with Crippen LogP contribution in [0.4, 0.5) is 0 Å². The normalized spacial score (nSPS) is 15.3. The van der Waals surface area contributed by atoms with Crippen molar-refractivity contribution in [2.75, 3.05) is 0 Å². The standard InChI is InChI=1S/C10H10N2/c1-8-4-5-10(12-8)7-9-3-2-6-11-9/h2-6,11H,1,7H2. The summed E-state index contributed by atoms with van der Waals surface area (Å²) in [5.74, 6) is 0. The molecule has 60 valence electrons. The number of nitrogens with zero attached hydrogens (tertiary/aromatic N) is 1. The van der Waals surface area contributed by atoms with Gasteiger partial charge >= 0.3 is 0 Å². The van der Waals surface area contributed by atoms with Gasteiger partial charge in [-0.05, 0) is 24.3 Å². The smallest absolute Gasteiger partial charge is 0.0562 e. The zero-order valence-corrected chi connectivity index (χ0v) is 6.75. The summed E-state index contributed by atoms with van der Waals surface area (Å²) < 4.78 is 0. The third kappa shape index (κ3) is 1.37. The van der Waals surface area contributed by atoms with Crippen molar-refractivity contribution in [3.8, 4) is 0 Å². The van der Waals surface area contributed by atoms with Gasteiger partial charge in [0.25, 0.3) is 0 Å². The quantitative estimate of drug-likeness (QED) is 0.682. The fourth-order valence-electron chi connectivity index (χ4n) is 1.22. The number of aromatic nitrogens is 1. The third-order valence-electron chi connectivity index (χ3n) is 1.79. The number of H-pyrrole nitrogens is 1. The van der Waals surface area contributed by atoms with Crippen molar-refractivity contribution in [3.63, 3.8) is 0 Å². The summed E-state index contributed by atoms with van der Waals surface area (Å²) in [5, 5.41) is 0. The van der Waals surface area contributed by atoms with Gasteiger partial charge in [-0.3, -0.25) is 4.99 Å². The van der Waals surface area contributed by atoms with E-state index in [1.54, 1.807) is 0 Å². The van der Waals surface area contributed by atoms with Gasteiger partial charge in [-0.2, -0.15) is 0 Å². The van der Waals surface area contributed by atoms with E-state index in [-0.39, 0.29) is 0 Å². The van der Waals surface area contributed by atoms with E-state index in [0.29, 0.717) is 0 Å². The Hall–Kier alpha value is -1.57. The minimum atomic E-state index is 0.844. The van der Waals surface area contributed by atoms with Crippen molar-refractivity contribution >= 4 is 5.71 Å². The molecule has 12 heavy (non-hydrogen) atoms. The Morgan fingerprint density at radius 1 is 1.42 bits per heavy atom. The molecule has 1 aromatic rings. The first-order valence-corrected chi connectivity index (χ1v) is 3.91. The van der Waals surface area contributed by atoms with Gasteiger partial charge in [0.1, 0.15) is 0 Å². The van der Waals surface area contributed by atoms with Crippen molar-refractivity contribution in [3.05, 3.63) is 48.5 Å². The highest BCUT2D eigenvalue weighted by Crippen LogP contribution is 2.09. The lowest BCUT2D eigenvalue weighted by molar-refractivity contribution is 1.19. The van der Waals surface area contributed by atoms with Crippen LogP contribution in [0.15, 0.2) is 47.7 Å². The van der Waals surface area contributed by atoms with Gasteiger partial charge in [-0.15, -0.1) is 0 Å². The van der Waals surface area contributed by atoms with Crippen LogP contribution in [0.5, 0.6) is 0 Å². The molecular formula is C10H10N2. The Morgan fingerprint density at radius 2 is 2.33 bits per heavy atom. The lowest BCUT2D eigenvalue weighted by Crippen LogP contribution is -1.96. The second-order valence-electron chi connectivity index (χ2n) is 2.80. The topological polar surface area (TPSA) is 28.1 Å². The second kappa shape index (κ2) is 2.81. The first kappa shape index (κ1) is 7.10. The molecule has 2 heteroatoms. The van der Waals surface area contributed by atoms with E-state index in [0.717, 1.165) is 17.8 Å². The predicted octanol–water partition coefficient (Wildman–Crippen LogP) is 2.08. The number of aromatic amines is 1. The summed E-state index contributed by atoms with van der Waals surface area (Å²) in [6, 6.07) is 4.04. The van der Waals surface area contributed by atoms with Gasteiger partial charge in [0, 0.05) is 24.0 Å². The molecule has 1 N–H and O–H groups in total. The molecule has 0 amide bonds. The molecule has 1 aliphatic rings. The molecule has 1 aromatic heterocycles. The van der Waals surface area contributed by atoms with E-state index in [9.17, 15) is 0 Å². The van der Waals surface area contributed by atoms with Gasteiger partial charge in [0.15, 0.2) is 0 Å². The van der Waals surface area contributed by atoms with Crippen molar-refractivity contribution in [2.24, 2.45) is 4.99 Å². The maximum Gasteiger partial charge on any atom is 0.0562 e. The van der Waals surface area contributed by atoms with Crippen LogP contribution < -0.4 is 0 Å². The van der Waals surface area contributed by atoms with Gasteiger partial charge < -0.3 is 4.98 Å². The Labute approximate surface area is 71.3 Å². The van der Waals surface area contributed by atoms with E-state index in [1.165, 1.54) is 5.69 Å². The van der Waals surface area contributed by atoms with E-state index < -0.39 is 0 Å². The van der Waals surface area contributed by atoms with Crippen molar-refractivity contribution < 1.29 is 0 Å². The van der Waals surface area contributed by atoms with Gasteiger partial charge in [-0.25, -0.2) is 0 Å². The number of nitrogens with one attached hydrogen (secondary N) is 1. The average molecular weight is 158 g/mol. The number of hydrogen-bond acceptors (Lipinski definition) is 1. The zero-order chi connectivity index (χ0) is 8.39. The fraction of sp³-hybridized carbons (Fsp3) is 0.100. The molecule has 2 heterocycles. The van der Waals surface area contributed by atoms with Crippen LogP contribution in [0.1, 0.15) is 5.69 Å². The first-order chi connectivity index (χ1) is 5.84. The lowest BCUT2D eigenvalue weighted by Gasteiger charge is -1.93.